The van der Waals surface area contributed by atoms with Crippen LogP contribution in [0.3, 0.4) is 0 Å². The van der Waals surface area contributed by atoms with Crippen LogP contribution in [0, 0.1) is 23.7 Å². The molecule has 5 rings (SSSR count). The van der Waals surface area contributed by atoms with Crippen molar-refractivity contribution in [2.75, 3.05) is 0 Å². The molecule has 4 aliphatic carbocycles. The third-order valence-electron chi connectivity index (χ3n) is 5.79. The molecule has 0 radical (unpaired) electrons. The minimum Gasteiger partial charge on any atom is -0.385 e. The largest absolute Gasteiger partial charge is 0.385 e. The van der Waals surface area contributed by atoms with Gasteiger partial charge in [-0.05, 0) is 61.3 Å². The van der Waals surface area contributed by atoms with Crippen LogP contribution in [0.2, 0.25) is 0 Å². The van der Waals surface area contributed by atoms with Crippen LogP contribution in [0.4, 0.5) is 0 Å². The van der Waals surface area contributed by atoms with Gasteiger partial charge in [0.25, 0.3) is 0 Å². The second-order valence-electron chi connectivity index (χ2n) is 6.94. The summed E-state index contributed by atoms with van der Waals surface area (Å²) in [4.78, 5) is 0. The van der Waals surface area contributed by atoms with Gasteiger partial charge in [0.2, 0.25) is 0 Å². The first-order valence-corrected chi connectivity index (χ1v) is 7.70. The van der Waals surface area contributed by atoms with Crippen molar-refractivity contribution in [2.45, 2.75) is 37.7 Å². The summed E-state index contributed by atoms with van der Waals surface area (Å²) in [6, 6.07) is 10.4. The van der Waals surface area contributed by atoms with Gasteiger partial charge in [0.05, 0.1) is 5.60 Å². The first-order chi connectivity index (χ1) is 9.24. The van der Waals surface area contributed by atoms with Gasteiger partial charge in [-0.1, -0.05) is 42.5 Å². The van der Waals surface area contributed by atoms with Crippen molar-refractivity contribution < 1.29 is 5.11 Å². The van der Waals surface area contributed by atoms with Crippen LogP contribution in [-0.2, 0) is 0 Å². The smallest absolute Gasteiger partial charge is 0.0887 e. The first kappa shape index (κ1) is 11.7. The molecular formula is C18H22O. The van der Waals surface area contributed by atoms with E-state index >= 15 is 0 Å². The summed E-state index contributed by atoms with van der Waals surface area (Å²) >= 11 is 0. The van der Waals surface area contributed by atoms with Crippen LogP contribution >= 0.6 is 0 Å². The summed E-state index contributed by atoms with van der Waals surface area (Å²) in [5.41, 5.74) is 0.674. The van der Waals surface area contributed by atoms with Crippen molar-refractivity contribution in [3.63, 3.8) is 0 Å². The summed E-state index contributed by atoms with van der Waals surface area (Å²) in [5, 5.41) is 11.2. The minimum atomic E-state index is -0.525. The van der Waals surface area contributed by atoms with Crippen LogP contribution in [0.5, 0.6) is 0 Å². The normalized spacial score (nSPS) is 44.1. The molecule has 19 heavy (non-hydrogen) atoms. The third-order valence-corrected chi connectivity index (χ3v) is 5.79. The average molecular weight is 254 g/mol. The molecular weight excluding hydrogens is 232 g/mol. The summed E-state index contributed by atoms with van der Waals surface area (Å²) in [6.45, 7) is 0. The van der Waals surface area contributed by atoms with E-state index in [-0.39, 0.29) is 0 Å². The average Bonchev–Trinajstić information content (AvgIpc) is 2.43. The summed E-state index contributed by atoms with van der Waals surface area (Å²) < 4.78 is 0. The highest BCUT2D eigenvalue weighted by Gasteiger charge is 2.55. The van der Waals surface area contributed by atoms with E-state index in [1.807, 2.05) is 6.07 Å². The Morgan fingerprint density at radius 2 is 1.47 bits per heavy atom. The molecule has 4 bridgehead atoms. The van der Waals surface area contributed by atoms with E-state index in [2.05, 4.69) is 36.4 Å². The predicted octanol–water partition coefficient (Wildman–Crippen LogP) is 3.89. The molecule has 4 saturated carbocycles. The third kappa shape index (κ3) is 1.87. The summed E-state index contributed by atoms with van der Waals surface area (Å²) in [5.74, 6) is 2.85. The zero-order chi connectivity index (χ0) is 12.9. The van der Waals surface area contributed by atoms with Gasteiger partial charge in [-0.25, -0.2) is 0 Å². The molecule has 1 nitrogen and oxygen atoms in total. The van der Waals surface area contributed by atoms with Crippen LogP contribution in [-0.4, -0.2) is 10.7 Å². The lowest BCUT2D eigenvalue weighted by Crippen LogP contribution is -2.56. The van der Waals surface area contributed by atoms with E-state index in [1.54, 1.807) is 0 Å². The van der Waals surface area contributed by atoms with Crippen LogP contribution in [0.25, 0.3) is 6.08 Å². The van der Waals surface area contributed by atoms with Gasteiger partial charge in [-0.15, -0.1) is 0 Å². The molecule has 0 spiro atoms. The Balaban J connectivity index is 1.61. The van der Waals surface area contributed by atoms with Crippen molar-refractivity contribution in [1.29, 1.82) is 0 Å². The SMILES string of the molecule is OC1(/C=C/c2ccccc2)C2CC3CC(C2)CC1C3. The monoisotopic (exact) mass is 254 g/mol. The molecule has 0 aromatic heterocycles. The zero-order valence-corrected chi connectivity index (χ0v) is 11.3. The molecule has 0 unspecified atom stereocenters. The molecule has 4 aliphatic rings. The summed E-state index contributed by atoms with van der Waals surface area (Å²) in [7, 11) is 0. The fourth-order valence-electron chi connectivity index (χ4n) is 5.01. The van der Waals surface area contributed by atoms with Gasteiger partial charge in [0.1, 0.15) is 0 Å². The number of rotatable bonds is 2. The maximum absolute atomic E-state index is 11.2. The zero-order valence-electron chi connectivity index (χ0n) is 11.3. The highest BCUT2D eigenvalue weighted by Crippen LogP contribution is 2.58. The van der Waals surface area contributed by atoms with Gasteiger partial charge in [0.15, 0.2) is 0 Å². The molecule has 1 aromatic rings. The van der Waals surface area contributed by atoms with Crippen molar-refractivity contribution in [1.82, 2.24) is 0 Å². The molecule has 1 N–H and O–H groups in total. The second-order valence-corrected chi connectivity index (χ2v) is 6.94. The summed E-state index contributed by atoms with van der Waals surface area (Å²) in [6.07, 6.45) is 10.7. The molecule has 0 heterocycles. The van der Waals surface area contributed by atoms with E-state index < -0.39 is 5.60 Å². The first-order valence-electron chi connectivity index (χ1n) is 7.70. The number of benzene rings is 1. The molecule has 0 aliphatic heterocycles. The topological polar surface area (TPSA) is 20.2 Å². The van der Waals surface area contributed by atoms with Crippen LogP contribution in [0.1, 0.15) is 37.7 Å². The van der Waals surface area contributed by atoms with Gasteiger partial charge in [0, 0.05) is 0 Å². The lowest BCUT2D eigenvalue weighted by molar-refractivity contribution is -0.142. The number of hydrogen-bond acceptors (Lipinski definition) is 1. The van der Waals surface area contributed by atoms with E-state index in [1.165, 1.54) is 37.7 Å². The van der Waals surface area contributed by atoms with Gasteiger partial charge in [-0.3, -0.25) is 0 Å². The molecule has 1 heteroatoms. The van der Waals surface area contributed by atoms with Crippen molar-refractivity contribution >= 4 is 6.08 Å². The molecule has 0 atom stereocenters. The standard InChI is InChI=1S/C18H22O/c19-18(7-6-13-4-2-1-3-5-13)16-9-14-8-15(11-16)12-17(18)10-14/h1-7,14-17,19H,8-12H2/b7-6+. The minimum absolute atomic E-state index is 0.517. The fraction of sp³-hybridized carbons (Fsp3) is 0.556. The maximum Gasteiger partial charge on any atom is 0.0887 e. The Morgan fingerprint density at radius 1 is 0.895 bits per heavy atom. The van der Waals surface area contributed by atoms with Crippen LogP contribution in [0.15, 0.2) is 36.4 Å². The van der Waals surface area contributed by atoms with Crippen molar-refractivity contribution in [3.05, 3.63) is 42.0 Å². The fourth-order valence-corrected chi connectivity index (χ4v) is 5.01. The Labute approximate surface area is 115 Å². The number of aliphatic hydroxyl groups is 1. The van der Waals surface area contributed by atoms with Gasteiger partial charge >= 0.3 is 0 Å². The predicted molar refractivity (Wildman–Crippen MR) is 77.5 cm³/mol. The van der Waals surface area contributed by atoms with Gasteiger partial charge < -0.3 is 5.11 Å². The molecule has 0 amide bonds. The van der Waals surface area contributed by atoms with Crippen molar-refractivity contribution in [2.24, 2.45) is 23.7 Å². The van der Waals surface area contributed by atoms with Crippen molar-refractivity contribution in [3.8, 4) is 0 Å². The lowest BCUT2D eigenvalue weighted by atomic mass is 9.50. The van der Waals surface area contributed by atoms with E-state index in [9.17, 15) is 5.11 Å². The Bertz CT molecular complexity index is 460. The van der Waals surface area contributed by atoms with Gasteiger partial charge in [-0.2, -0.15) is 0 Å². The second kappa shape index (κ2) is 4.21. The molecule has 0 saturated heterocycles. The highest BCUT2D eigenvalue weighted by atomic mass is 16.3. The Kier molecular flexibility index (Phi) is 2.60. The van der Waals surface area contributed by atoms with E-state index in [0.29, 0.717) is 11.8 Å². The highest BCUT2D eigenvalue weighted by molar-refractivity contribution is 5.50. The van der Waals surface area contributed by atoms with Crippen LogP contribution < -0.4 is 0 Å². The van der Waals surface area contributed by atoms with E-state index in [4.69, 9.17) is 0 Å². The molecule has 4 fully saturated rings. The van der Waals surface area contributed by atoms with E-state index in [0.717, 1.165) is 11.8 Å². The molecule has 1 aromatic carbocycles. The lowest BCUT2D eigenvalue weighted by Gasteiger charge is -2.58. The quantitative estimate of drug-likeness (QED) is 0.849. The maximum atomic E-state index is 11.2. The molecule has 100 valence electrons. The Hall–Kier alpha value is -1.08. The number of hydrogen-bond donors (Lipinski definition) is 1. The Morgan fingerprint density at radius 3 is 2.05 bits per heavy atom.